The molecule has 1 amide bonds. The number of rotatable bonds is 4. The fourth-order valence-electron chi connectivity index (χ4n) is 3.95. The van der Waals surface area contributed by atoms with Gasteiger partial charge in [0.25, 0.3) is 0 Å². The van der Waals surface area contributed by atoms with Gasteiger partial charge >= 0.3 is 0 Å². The minimum absolute atomic E-state index is 0.0370. The van der Waals surface area contributed by atoms with Crippen molar-refractivity contribution in [2.75, 3.05) is 18.4 Å². The summed E-state index contributed by atoms with van der Waals surface area (Å²) in [5.41, 5.74) is 0.719. The molecule has 0 atom stereocenters. The molecule has 1 saturated carbocycles. The maximum Gasteiger partial charge on any atom is 0.243 e. The van der Waals surface area contributed by atoms with Gasteiger partial charge in [-0.1, -0.05) is 37.0 Å². The highest BCUT2D eigenvalue weighted by molar-refractivity contribution is 7.89. The van der Waals surface area contributed by atoms with Crippen LogP contribution in [0.2, 0.25) is 0 Å². The monoisotopic (exact) mass is 407 g/mol. The van der Waals surface area contributed by atoms with E-state index in [1.54, 1.807) is 22.5 Å². The number of nitrogens with one attached hydrogen (secondary N) is 1. The second-order valence-corrected chi connectivity index (χ2v) is 10.4. The molecular weight excluding hydrogens is 382 g/mol. The molecule has 0 spiro atoms. The molecular formula is C19H25N3O3S2. The maximum atomic E-state index is 12.9. The Morgan fingerprint density at radius 3 is 2.52 bits per heavy atom. The van der Waals surface area contributed by atoms with Crippen molar-refractivity contribution in [1.82, 2.24) is 9.29 Å². The molecule has 2 fully saturated rings. The lowest BCUT2D eigenvalue weighted by atomic mass is 9.89. The largest absolute Gasteiger partial charge is 0.302 e. The molecule has 4 rings (SSSR count). The molecule has 2 heterocycles. The number of piperidine rings is 1. The summed E-state index contributed by atoms with van der Waals surface area (Å²) in [7, 11) is -3.46. The van der Waals surface area contributed by atoms with E-state index in [1.807, 2.05) is 0 Å². The number of hydrogen-bond acceptors (Lipinski definition) is 5. The molecule has 2 aromatic rings. The number of aromatic nitrogens is 1. The van der Waals surface area contributed by atoms with Crippen LogP contribution in [0.3, 0.4) is 0 Å². The Morgan fingerprint density at radius 1 is 1.07 bits per heavy atom. The Morgan fingerprint density at radius 2 is 1.78 bits per heavy atom. The van der Waals surface area contributed by atoms with Crippen molar-refractivity contribution >= 4 is 42.6 Å². The lowest BCUT2D eigenvalue weighted by Crippen LogP contribution is -2.35. The number of anilines is 1. The third kappa shape index (κ3) is 4.02. The van der Waals surface area contributed by atoms with Crippen LogP contribution in [0.15, 0.2) is 23.1 Å². The zero-order valence-corrected chi connectivity index (χ0v) is 16.9. The number of carbonyl (C=O) groups excluding carboxylic acids is 1. The fourth-order valence-corrected chi connectivity index (χ4v) is 6.47. The molecule has 8 heteroatoms. The zero-order chi connectivity index (χ0) is 18.9. The molecule has 1 aromatic carbocycles. The molecule has 27 heavy (non-hydrogen) atoms. The van der Waals surface area contributed by atoms with E-state index in [4.69, 9.17) is 0 Å². The van der Waals surface area contributed by atoms with E-state index < -0.39 is 10.0 Å². The number of benzene rings is 1. The van der Waals surface area contributed by atoms with Gasteiger partial charge in [0.05, 0.1) is 15.1 Å². The quantitative estimate of drug-likeness (QED) is 0.831. The van der Waals surface area contributed by atoms with Gasteiger partial charge < -0.3 is 5.32 Å². The average molecular weight is 408 g/mol. The lowest BCUT2D eigenvalue weighted by Gasteiger charge is -2.25. The van der Waals surface area contributed by atoms with Crippen molar-refractivity contribution in [3.63, 3.8) is 0 Å². The van der Waals surface area contributed by atoms with E-state index in [-0.39, 0.29) is 11.8 Å². The minimum atomic E-state index is -3.46. The van der Waals surface area contributed by atoms with Gasteiger partial charge in [0.15, 0.2) is 5.13 Å². The van der Waals surface area contributed by atoms with Crippen LogP contribution in [-0.4, -0.2) is 36.7 Å². The first-order valence-corrected chi connectivity index (χ1v) is 12.0. The van der Waals surface area contributed by atoms with E-state index in [0.717, 1.165) is 55.2 Å². The highest BCUT2D eigenvalue weighted by atomic mass is 32.2. The van der Waals surface area contributed by atoms with Gasteiger partial charge in [-0.3, -0.25) is 4.79 Å². The number of hydrogen-bond donors (Lipinski definition) is 1. The molecule has 0 bridgehead atoms. The highest BCUT2D eigenvalue weighted by Crippen LogP contribution is 2.31. The smallest absolute Gasteiger partial charge is 0.243 e. The van der Waals surface area contributed by atoms with Crippen LogP contribution in [-0.2, 0) is 14.8 Å². The Hall–Kier alpha value is -1.51. The zero-order valence-electron chi connectivity index (χ0n) is 15.3. The Labute approximate surface area is 164 Å². The van der Waals surface area contributed by atoms with Crippen LogP contribution >= 0.6 is 11.3 Å². The number of thiazole rings is 1. The number of amides is 1. The third-order valence-electron chi connectivity index (χ3n) is 5.52. The molecule has 2 aliphatic rings. The van der Waals surface area contributed by atoms with Gasteiger partial charge in [-0.2, -0.15) is 4.31 Å². The predicted molar refractivity (Wildman–Crippen MR) is 107 cm³/mol. The maximum absolute atomic E-state index is 12.9. The standard InChI is InChI=1S/C19H25N3O3S2/c23-18(14-7-3-1-4-8-14)21-19-20-16-10-9-15(13-17(16)26-19)27(24,25)22-11-5-2-6-12-22/h9-10,13-14H,1-8,11-12H2,(H,20,21,23). The average Bonchev–Trinajstić information content (AvgIpc) is 3.10. The summed E-state index contributed by atoms with van der Waals surface area (Å²) < 4.78 is 28.1. The molecule has 0 radical (unpaired) electrons. The molecule has 1 aromatic heterocycles. The summed E-state index contributed by atoms with van der Waals surface area (Å²) in [6, 6.07) is 5.05. The van der Waals surface area contributed by atoms with Crippen LogP contribution in [0.5, 0.6) is 0 Å². The van der Waals surface area contributed by atoms with E-state index in [1.165, 1.54) is 17.8 Å². The van der Waals surface area contributed by atoms with Crippen molar-refractivity contribution in [2.45, 2.75) is 56.3 Å². The van der Waals surface area contributed by atoms with Crippen LogP contribution in [0.25, 0.3) is 10.2 Å². The Balaban J connectivity index is 1.54. The van der Waals surface area contributed by atoms with Crippen LogP contribution in [0, 0.1) is 5.92 Å². The summed E-state index contributed by atoms with van der Waals surface area (Å²) in [5.74, 6) is 0.107. The first-order valence-electron chi connectivity index (χ1n) is 9.76. The molecule has 146 valence electrons. The van der Waals surface area contributed by atoms with Crippen LogP contribution in [0.1, 0.15) is 51.4 Å². The van der Waals surface area contributed by atoms with Crippen molar-refractivity contribution in [2.24, 2.45) is 5.92 Å². The van der Waals surface area contributed by atoms with Crippen LogP contribution in [0.4, 0.5) is 5.13 Å². The molecule has 6 nitrogen and oxygen atoms in total. The van der Waals surface area contributed by atoms with Gasteiger partial charge in [-0.05, 0) is 43.9 Å². The molecule has 1 N–H and O–H groups in total. The molecule has 0 unspecified atom stereocenters. The summed E-state index contributed by atoms with van der Waals surface area (Å²) in [6.07, 6.45) is 8.22. The molecule has 1 saturated heterocycles. The number of nitrogens with zero attached hydrogens (tertiary/aromatic N) is 2. The Kier molecular flexibility index (Phi) is 5.48. The lowest BCUT2D eigenvalue weighted by molar-refractivity contribution is -0.120. The second kappa shape index (κ2) is 7.85. The predicted octanol–water partition coefficient (Wildman–Crippen LogP) is 3.99. The van der Waals surface area contributed by atoms with Crippen molar-refractivity contribution in [3.8, 4) is 0 Å². The van der Waals surface area contributed by atoms with Gasteiger partial charge in [0.1, 0.15) is 0 Å². The van der Waals surface area contributed by atoms with E-state index >= 15 is 0 Å². The number of fused-ring (bicyclic) bond motifs is 1. The minimum Gasteiger partial charge on any atom is -0.302 e. The topological polar surface area (TPSA) is 79.4 Å². The van der Waals surface area contributed by atoms with Crippen LogP contribution < -0.4 is 5.32 Å². The first kappa shape index (κ1) is 18.8. The number of carbonyl (C=O) groups is 1. The van der Waals surface area contributed by atoms with Crippen molar-refractivity contribution in [3.05, 3.63) is 18.2 Å². The fraction of sp³-hybridized carbons (Fsp3) is 0.579. The Bertz CT molecular complexity index is 927. The normalized spacial score (nSPS) is 20.0. The van der Waals surface area contributed by atoms with E-state index in [9.17, 15) is 13.2 Å². The van der Waals surface area contributed by atoms with Gasteiger partial charge in [0.2, 0.25) is 15.9 Å². The number of sulfonamides is 1. The SMILES string of the molecule is O=C(Nc1nc2ccc(S(=O)(=O)N3CCCCC3)cc2s1)C1CCCCC1. The summed E-state index contributed by atoms with van der Waals surface area (Å²) >= 11 is 1.34. The van der Waals surface area contributed by atoms with Gasteiger partial charge in [-0.15, -0.1) is 0 Å². The second-order valence-electron chi connectivity index (χ2n) is 7.44. The highest BCUT2D eigenvalue weighted by Gasteiger charge is 2.27. The summed E-state index contributed by atoms with van der Waals surface area (Å²) in [4.78, 5) is 17.2. The van der Waals surface area contributed by atoms with E-state index in [2.05, 4.69) is 10.3 Å². The third-order valence-corrected chi connectivity index (χ3v) is 8.35. The molecule has 1 aliphatic heterocycles. The van der Waals surface area contributed by atoms with Gasteiger partial charge in [0, 0.05) is 19.0 Å². The summed E-state index contributed by atoms with van der Waals surface area (Å²) in [6.45, 7) is 1.18. The van der Waals surface area contributed by atoms with E-state index in [0.29, 0.717) is 23.1 Å². The van der Waals surface area contributed by atoms with Gasteiger partial charge in [-0.25, -0.2) is 13.4 Å². The molecule has 1 aliphatic carbocycles. The van der Waals surface area contributed by atoms with Crippen molar-refractivity contribution in [1.29, 1.82) is 0 Å². The van der Waals surface area contributed by atoms with Crippen molar-refractivity contribution < 1.29 is 13.2 Å². The summed E-state index contributed by atoms with van der Waals surface area (Å²) in [5, 5.41) is 3.48. The first-order chi connectivity index (χ1) is 13.0.